The maximum atomic E-state index is 11.9. The van der Waals surface area contributed by atoms with Gasteiger partial charge in [-0.25, -0.2) is 5.84 Å². The van der Waals surface area contributed by atoms with Gasteiger partial charge in [-0.05, 0) is 39.3 Å². The van der Waals surface area contributed by atoms with E-state index in [9.17, 15) is 4.79 Å². The third kappa shape index (κ3) is 2.24. The zero-order valence-corrected chi connectivity index (χ0v) is 11.9. The molecule has 2 rings (SSSR count). The van der Waals surface area contributed by atoms with Crippen LogP contribution in [0.3, 0.4) is 0 Å². The van der Waals surface area contributed by atoms with Crippen molar-refractivity contribution in [2.45, 2.75) is 39.3 Å². The lowest BCUT2D eigenvalue weighted by molar-refractivity contribution is -0.122. The second-order valence-corrected chi connectivity index (χ2v) is 5.55. The molecule has 0 bridgehead atoms. The molecule has 0 aliphatic carbocycles. The van der Waals surface area contributed by atoms with E-state index in [-0.39, 0.29) is 17.5 Å². The monoisotopic (exact) mass is 259 g/mol. The molecule has 1 aliphatic heterocycles. The van der Waals surface area contributed by atoms with E-state index in [4.69, 9.17) is 5.84 Å². The SMILES string of the molecule is CC1=CC(C)(C)N([C@H](C)C(=O)NN)c2ccccc21. The summed E-state index contributed by atoms with van der Waals surface area (Å²) in [4.78, 5) is 14.0. The van der Waals surface area contributed by atoms with Crippen molar-refractivity contribution in [3.63, 3.8) is 0 Å². The molecule has 3 N–H and O–H groups in total. The maximum absolute atomic E-state index is 11.9. The first-order valence-corrected chi connectivity index (χ1v) is 6.47. The van der Waals surface area contributed by atoms with Gasteiger partial charge in [0.15, 0.2) is 0 Å². The number of carbonyl (C=O) groups excluding carboxylic acids is 1. The first-order chi connectivity index (χ1) is 8.88. The Hall–Kier alpha value is -1.81. The average Bonchev–Trinajstić information content (AvgIpc) is 2.36. The minimum Gasteiger partial charge on any atom is -0.351 e. The highest BCUT2D eigenvalue weighted by molar-refractivity contribution is 5.89. The summed E-state index contributed by atoms with van der Waals surface area (Å²) in [5, 5.41) is 0. The van der Waals surface area contributed by atoms with Gasteiger partial charge in [0.25, 0.3) is 5.91 Å². The standard InChI is InChI=1S/C15H21N3O/c1-10-9-15(3,4)18(11(2)14(19)17-16)13-8-6-5-7-12(10)13/h5-9,11H,16H2,1-4H3,(H,17,19)/t11-/m1/s1. The van der Waals surface area contributed by atoms with Crippen molar-refractivity contribution in [1.29, 1.82) is 0 Å². The van der Waals surface area contributed by atoms with Crippen LogP contribution in [-0.2, 0) is 4.79 Å². The Kier molecular flexibility index (Phi) is 3.37. The van der Waals surface area contributed by atoms with Gasteiger partial charge < -0.3 is 4.90 Å². The number of amides is 1. The minimum atomic E-state index is -0.328. The second kappa shape index (κ2) is 4.70. The van der Waals surface area contributed by atoms with Crippen molar-refractivity contribution >= 4 is 17.2 Å². The van der Waals surface area contributed by atoms with E-state index < -0.39 is 0 Å². The van der Waals surface area contributed by atoms with Crippen molar-refractivity contribution in [2.75, 3.05) is 4.90 Å². The largest absolute Gasteiger partial charge is 0.351 e. The highest BCUT2D eigenvalue weighted by Gasteiger charge is 2.36. The molecule has 1 aromatic carbocycles. The lowest BCUT2D eigenvalue weighted by Gasteiger charge is -2.46. The number of nitrogens with one attached hydrogen (secondary N) is 1. The number of carbonyl (C=O) groups is 1. The fourth-order valence-corrected chi connectivity index (χ4v) is 2.95. The third-order valence-electron chi connectivity index (χ3n) is 3.69. The molecule has 1 aromatic rings. The molecule has 0 saturated heterocycles. The van der Waals surface area contributed by atoms with Crippen LogP contribution >= 0.6 is 0 Å². The Bertz CT molecular complexity index is 534. The van der Waals surface area contributed by atoms with Crippen LogP contribution in [0.25, 0.3) is 5.57 Å². The lowest BCUT2D eigenvalue weighted by atomic mass is 9.87. The van der Waals surface area contributed by atoms with Crippen molar-refractivity contribution in [3.05, 3.63) is 35.9 Å². The summed E-state index contributed by atoms with van der Waals surface area (Å²) in [5.74, 6) is 5.09. The number of anilines is 1. The van der Waals surface area contributed by atoms with Crippen LogP contribution in [-0.4, -0.2) is 17.5 Å². The fourth-order valence-electron chi connectivity index (χ4n) is 2.95. The second-order valence-electron chi connectivity index (χ2n) is 5.55. The molecule has 1 aliphatic rings. The summed E-state index contributed by atoms with van der Waals surface area (Å²) in [6, 6.07) is 7.81. The molecule has 0 spiro atoms. The van der Waals surface area contributed by atoms with Gasteiger partial charge >= 0.3 is 0 Å². The number of para-hydroxylation sites is 1. The molecule has 102 valence electrons. The van der Waals surface area contributed by atoms with E-state index >= 15 is 0 Å². The summed E-state index contributed by atoms with van der Waals surface area (Å²) < 4.78 is 0. The topological polar surface area (TPSA) is 58.4 Å². The Morgan fingerprint density at radius 2 is 2.00 bits per heavy atom. The number of benzene rings is 1. The predicted molar refractivity (Wildman–Crippen MR) is 78.4 cm³/mol. The van der Waals surface area contributed by atoms with E-state index in [0.717, 1.165) is 5.69 Å². The van der Waals surface area contributed by atoms with Gasteiger partial charge in [0.2, 0.25) is 0 Å². The first-order valence-electron chi connectivity index (χ1n) is 6.47. The molecular formula is C15H21N3O. The van der Waals surface area contributed by atoms with Crippen LogP contribution < -0.4 is 16.2 Å². The summed E-state index contributed by atoms with van der Waals surface area (Å²) in [6.45, 7) is 8.18. The molecule has 0 aromatic heterocycles. The zero-order valence-electron chi connectivity index (χ0n) is 11.9. The van der Waals surface area contributed by atoms with E-state index in [2.05, 4.69) is 43.2 Å². The van der Waals surface area contributed by atoms with Gasteiger partial charge in [0, 0.05) is 11.3 Å². The van der Waals surface area contributed by atoms with Crippen LogP contribution in [0.2, 0.25) is 0 Å². The fraction of sp³-hybridized carbons (Fsp3) is 0.400. The Morgan fingerprint density at radius 3 is 2.63 bits per heavy atom. The smallest absolute Gasteiger partial charge is 0.256 e. The van der Waals surface area contributed by atoms with E-state index in [0.29, 0.717) is 0 Å². The molecule has 1 amide bonds. The van der Waals surface area contributed by atoms with Crippen molar-refractivity contribution in [1.82, 2.24) is 5.43 Å². The van der Waals surface area contributed by atoms with Crippen LogP contribution in [0.1, 0.15) is 33.3 Å². The molecule has 0 radical (unpaired) electrons. The summed E-state index contributed by atoms with van der Waals surface area (Å²) in [6.07, 6.45) is 2.19. The minimum absolute atomic E-state index is 0.184. The highest BCUT2D eigenvalue weighted by Crippen LogP contribution is 2.39. The zero-order chi connectivity index (χ0) is 14.2. The van der Waals surface area contributed by atoms with Gasteiger partial charge in [-0.1, -0.05) is 24.3 Å². The van der Waals surface area contributed by atoms with Crippen molar-refractivity contribution < 1.29 is 4.79 Å². The molecule has 4 nitrogen and oxygen atoms in total. The van der Waals surface area contributed by atoms with Crippen LogP contribution in [0.4, 0.5) is 5.69 Å². The molecule has 0 unspecified atom stereocenters. The van der Waals surface area contributed by atoms with Gasteiger partial charge in [-0.15, -0.1) is 0 Å². The molecule has 0 fully saturated rings. The third-order valence-corrected chi connectivity index (χ3v) is 3.69. The number of nitrogens with zero attached hydrogens (tertiary/aromatic N) is 1. The lowest BCUT2D eigenvalue weighted by Crippen LogP contribution is -2.56. The van der Waals surface area contributed by atoms with Crippen molar-refractivity contribution in [2.24, 2.45) is 5.84 Å². The number of hydrogen-bond acceptors (Lipinski definition) is 3. The van der Waals surface area contributed by atoms with Crippen LogP contribution in [0.15, 0.2) is 30.3 Å². The summed E-state index contributed by atoms with van der Waals surface area (Å²) in [7, 11) is 0. The summed E-state index contributed by atoms with van der Waals surface area (Å²) in [5.41, 5.74) is 5.48. The summed E-state index contributed by atoms with van der Waals surface area (Å²) >= 11 is 0. The van der Waals surface area contributed by atoms with Gasteiger partial charge in [0.05, 0.1) is 5.54 Å². The normalized spacial score (nSPS) is 18.4. The van der Waals surface area contributed by atoms with Gasteiger partial charge in [0.1, 0.15) is 6.04 Å². The van der Waals surface area contributed by atoms with Crippen molar-refractivity contribution in [3.8, 4) is 0 Å². The quantitative estimate of drug-likeness (QED) is 0.485. The first kappa shape index (κ1) is 13.6. The number of hydrazine groups is 1. The molecule has 19 heavy (non-hydrogen) atoms. The Labute approximate surface area is 114 Å². The maximum Gasteiger partial charge on any atom is 0.256 e. The van der Waals surface area contributed by atoms with E-state index in [1.54, 1.807) is 0 Å². The predicted octanol–water partition coefficient (Wildman–Crippen LogP) is 2.07. The molecule has 0 saturated carbocycles. The molecular weight excluding hydrogens is 238 g/mol. The van der Waals surface area contributed by atoms with Crippen LogP contribution in [0.5, 0.6) is 0 Å². The van der Waals surface area contributed by atoms with Gasteiger partial charge in [-0.2, -0.15) is 0 Å². The Balaban J connectivity index is 2.56. The number of rotatable bonds is 2. The van der Waals surface area contributed by atoms with E-state index in [1.807, 2.05) is 25.1 Å². The molecule has 4 heteroatoms. The Morgan fingerprint density at radius 1 is 1.37 bits per heavy atom. The number of nitrogens with two attached hydrogens (primary N) is 1. The van der Waals surface area contributed by atoms with E-state index in [1.165, 1.54) is 11.1 Å². The molecule has 1 heterocycles. The average molecular weight is 259 g/mol. The molecule has 1 atom stereocenters. The highest BCUT2D eigenvalue weighted by atomic mass is 16.2. The number of hydrogen-bond donors (Lipinski definition) is 2. The number of allylic oxidation sites excluding steroid dienone is 1. The van der Waals surface area contributed by atoms with Gasteiger partial charge in [-0.3, -0.25) is 10.2 Å². The van der Waals surface area contributed by atoms with Crippen LogP contribution in [0, 0.1) is 0 Å². The number of fused-ring (bicyclic) bond motifs is 1.